The molecule has 1 aliphatic rings. The van der Waals surface area contributed by atoms with Crippen LogP contribution < -0.4 is 0 Å². The monoisotopic (exact) mass is 348 g/mol. The maximum atomic E-state index is 11.4. The summed E-state index contributed by atoms with van der Waals surface area (Å²) in [6, 6.07) is 7.59. The first-order valence-electron chi connectivity index (χ1n) is 8.78. The van der Waals surface area contributed by atoms with Crippen LogP contribution in [0.4, 0.5) is 0 Å². The molecule has 0 radical (unpaired) electrons. The van der Waals surface area contributed by atoms with E-state index in [9.17, 15) is 10.2 Å². The molecule has 0 spiro atoms. The number of hydrogen-bond donors (Lipinski definition) is 2. The molecule has 3 nitrogen and oxygen atoms in total. The summed E-state index contributed by atoms with van der Waals surface area (Å²) in [6.07, 6.45) is 3.19. The second kappa shape index (κ2) is 6.75. The highest BCUT2D eigenvalue weighted by atomic mass is 28.4. The summed E-state index contributed by atoms with van der Waals surface area (Å²) < 4.78 is 6.71. The quantitative estimate of drug-likeness (QED) is 0.605. The molecule has 0 heterocycles. The standard InChI is InChI=1S/C20H32O3Si/c1-15-11-12-20(19(2,3)13-15,23-24(4,5)6)18(22)17-10-8-7-9-16(17)14-21/h7-10,13,18,21-22H,11-12,14H2,1-6H3/t18-,20-/m1/s1. The molecule has 0 aliphatic heterocycles. The van der Waals surface area contributed by atoms with Crippen molar-refractivity contribution in [2.45, 2.75) is 71.6 Å². The van der Waals surface area contributed by atoms with Crippen molar-refractivity contribution in [3.8, 4) is 0 Å². The molecule has 0 unspecified atom stereocenters. The van der Waals surface area contributed by atoms with Crippen LogP contribution in [0.2, 0.25) is 19.6 Å². The molecule has 2 rings (SSSR count). The van der Waals surface area contributed by atoms with Gasteiger partial charge in [0.15, 0.2) is 8.32 Å². The third kappa shape index (κ3) is 3.67. The number of aliphatic hydroxyl groups excluding tert-OH is 2. The van der Waals surface area contributed by atoms with E-state index in [1.807, 2.05) is 24.3 Å². The zero-order valence-electron chi connectivity index (χ0n) is 15.9. The zero-order chi connectivity index (χ0) is 18.2. The van der Waals surface area contributed by atoms with Crippen LogP contribution in [0.1, 0.15) is 50.8 Å². The minimum Gasteiger partial charge on any atom is -0.408 e. The van der Waals surface area contributed by atoms with Crippen LogP contribution in [0.15, 0.2) is 35.9 Å². The molecule has 0 amide bonds. The SMILES string of the molecule is CC1=CC(C)(C)[C@](O[Si](C)(C)C)([C@H](O)c2ccccc2CO)CC1. The van der Waals surface area contributed by atoms with Crippen molar-refractivity contribution in [1.82, 2.24) is 0 Å². The molecule has 2 N–H and O–H groups in total. The molecule has 0 saturated heterocycles. The van der Waals surface area contributed by atoms with E-state index in [1.165, 1.54) is 5.57 Å². The Kier molecular flexibility index (Phi) is 5.45. The van der Waals surface area contributed by atoms with E-state index in [2.05, 4.69) is 46.5 Å². The summed E-state index contributed by atoms with van der Waals surface area (Å²) in [5.74, 6) is 0. The van der Waals surface area contributed by atoms with Gasteiger partial charge in [-0.1, -0.05) is 49.8 Å². The number of hydrogen-bond acceptors (Lipinski definition) is 3. The van der Waals surface area contributed by atoms with Crippen molar-refractivity contribution in [3.05, 3.63) is 47.0 Å². The van der Waals surface area contributed by atoms with Gasteiger partial charge in [0.05, 0.1) is 12.2 Å². The molecule has 24 heavy (non-hydrogen) atoms. The average molecular weight is 349 g/mol. The fourth-order valence-corrected chi connectivity index (χ4v) is 5.55. The van der Waals surface area contributed by atoms with E-state index in [0.29, 0.717) is 0 Å². The van der Waals surface area contributed by atoms with Gasteiger partial charge in [-0.2, -0.15) is 0 Å². The van der Waals surface area contributed by atoms with Gasteiger partial charge < -0.3 is 14.6 Å². The van der Waals surface area contributed by atoms with E-state index in [-0.39, 0.29) is 12.0 Å². The highest BCUT2D eigenvalue weighted by molar-refractivity contribution is 6.69. The lowest BCUT2D eigenvalue weighted by Gasteiger charge is -2.54. The maximum absolute atomic E-state index is 11.4. The van der Waals surface area contributed by atoms with Gasteiger partial charge in [0.2, 0.25) is 0 Å². The molecule has 2 atom stereocenters. The Morgan fingerprint density at radius 2 is 1.83 bits per heavy atom. The van der Waals surface area contributed by atoms with Gasteiger partial charge in [-0.15, -0.1) is 0 Å². The van der Waals surface area contributed by atoms with E-state index in [1.54, 1.807) is 0 Å². The van der Waals surface area contributed by atoms with Crippen LogP contribution in [-0.2, 0) is 11.0 Å². The third-order valence-electron chi connectivity index (χ3n) is 5.04. The molecule has 0 bridgehead atoms. The van der Waals surface area contributed by atoms with Crippen LogP contribution in [0.5, 0.6) is 0 Å². The lowest BCUT2D eigenvalue weighted by atomic mass is 9.63. The van der Waals surface area contributed by atoms with Gasteiger partial charge >= 0.3 is 0 Å². The second-order valence-electron chi connectivity index (χ2n) is 8.58. The Morgan fingerprint density at radius 3 is 2.38 bits per heavy atom. The van der Waals surface area contributed by atoms with E-state index in [4.69, 9.17) is 4.43 Å². The first-order valence-corrected chi connectivity index (χ1v) is 12.2. The van der Waals surface area contributed by atoms with Crippen LogP contribution in [0, 0.1) is 5.41 Å². The summed E-state index contributed by atoms with van der Waals surface area (Å²) in [6.45, 7) is 12.9. The van der Waals surface area contributed by atoms with Crippen molar-refractivity contribution in [2.24, 2.45) is 5.41 Å². The average Bonchev–Trinajstić information content (AvgIpc) is 2.47. The first-order chi connectivity index (χ1) is 11.0. The predicted molar refractivity (Wildman–Crippen MR) is 101 cm³/mol. The van der Waals surface area contributed by atoms with Crippen molar-refractivity contribution >= 4 is 8.32 Å². The van der Waals surface area contributed by atoms with Gasteiger partial charge in [-0.25, -0.2) is 0 Å². The minimum absolute atomic E-state index is 0.0778. The number of allylic oxidation sites excluding steroid dienone is 1. The van der Waals surface area contributed by atoms with Crippen LogP contribution in [0.25, 0.3) is 0 Å². The topological polar surface area (TPSA) is 49.7 Å². The van der Waals surface area contributed by atoms with Crippen LogP contribution in [0.3, 0.4) is 0 Å². The molecule has 0 fully saturated rings. The fourth-order valence-electron chi connectivity index (χ4n) is 3.99. The van der Waals surface area contributed by atoms with Crippen molar-refractivity contribution in [2.75, 3.05) is 0 Å². The fraction of sp³-hybridized carbons (Fsp3) is 0.600. The Hall–Kier alpha value is -0.943. The Labute approximate surface area is 147 Å². The Morgan fingerprint density at radius 1 is 1.21 bits per heavy atom. The Bertz CT molecular complexity index is 616. The van der Waals surface area contributed by atoms with Crippen LogP contribution >= 0.6 is 0 Å². The molecule has 4 heteroatoms. The van der Waals surface area contributed by atoms with Gasteiger partial charge in [0, 0.05) is 5.41 Å². The van der Waals surface area contributed by atoms with Gasteiger partial charge in [-0.05, 0) is 50.5 Å². The van der Waals surface area contributed by atoms with Crippen molar-refractivity contribution < 1.29 is 14.6 Å². The molecule has 1 aromatic carbocycles. The smallest absolute Gasteiger partial charge is 0.184 e. The summed E-state index contributed by atoms with van der Waals surface area (Å²) >= 11 is 0. The molecule has 134 valence electrons. The van der Waals surface area contributed by atoms with Gasteiger partial charge in [0.25, 0.3) is 0 Å². The third-order valence-corrected chi connectivity index (χ3v) is 6.02. The lowest BCUT2D eigenvalue weighted by Crippen LogP contribution is -2.57. The molecule has 1 aromatic rings. The van der Waals surface area contributed by atoms with Crippen LogP contribution in [-0.4, -0.2) is 24.1 Å². The lowest BCUT2D eigenvalue weighted by molar-refractivity contribution is -0.129. The second-order valence-corrected chi connectivity index (χ2v) is 13.0. The summed E-state index contributed by atoms with van der Waals surface area (Å²) in [5, 5.41) is 21.1. The van der Waals surface area contributed by atoms with Gasteiger partial charge in [0.1, 0.15) is 6.10 Å². The summed E-state index contributed by atoms with van der Waals surface area (Å²) in [7, 11) is -1.90. The van der Waals surface area contributed by atoms with Gasteiger partial charge in [-0.3, -0.25) is 0 Å². The van der Waals surface area contributed by atoms with Crippen molar-refractivity contribution in [1.29, 1.82) is 0 Å². The van der Waals surface area contributed by atoms with E-state index < -0.39 is 20.0 Å². The largest absolute Gasteiger partial charge is 0.408 e. The first kappa shape index (κ1) is 19.4. The molecule has 0 saturated carbocycles. The highest BCUT2D eigenvalue weighted by Gasteiger charge is 2.54. The number of rotatable bonds is 5. The van der Waals surface area contributed by atoms with E-state index in [0.717, 1.165) is 24.0 Å². The molecular weight excluding hydrogens is 316 g/mol. The minimum atomic E-state index is -1.90. The molecule has 0 aromatic heterocycles. The molecular formula is C20H32O3Si. The zero-order valence-corrected chi connectivity index (χ0v) is 16.9. The predicted octanol–water partition coefficient (Wildman–Crippen LogP) is 4.57. The Balaban J connectivity index is 2.59. The normalized spacial score (nSPS) is 25.2. The number of aliphatic hydroxyl groups is 2. The summed E-state index contributed by atoms with van der Waals surface area (Å²) in [5.41, 5.74) is 1.92. The van der Waals surface area contributed by atoms with Crippen molar-refractivity contribution in [3.63, 3.8) is 0 Å². The van der Waals surface area contributed by atoms with E-state index >= 15 is 0 Å². The summed E-state index contributed by atoms with van der Waals surface area (Å²) in [4.78, 5) is 0. The molecule has 1 aliphatic carbocycles. The number of benzene rings is 1. The maximum Gasteiger partial charge on any atom is 0.184 e. The highest BCUT2D eigenvalue weighted by Crippen LogP contribution is 2.53.